The fourth-order valence-corrected chi connectivity index (χ4v) is 5.91. The largest absolute Gasteiger partial charge is 0.352 e. The van der Waals surface area contributed by atoms with E-state index in [1.54, 1.807) is 6.20 Å². The minimum atomic E-state index is -0.403. The lowest BCUT2D eigenvalue weighted by atomic mass is 9.92. The SMILES string of the molecule is O=C(NC1CC1)c1ccc(N2[C@@H]3CC[C@H]2C[C@@H](NC(=O)C2(c4cccc(Cl)c4)CC2)C3)nc1. The van der Waals surface area contributed by atoms with Crippen LogP contribution in [0.1, 0.15) is 67.3 Å². The molecule has 2 saturated heterocycles. The van der Waals surface area contributed by atoms with Gasteiger partial charge in [0.2, 0.25) is 5.91 Å². The van der Waals surface area contributed by atoms with Crippen molar-refractivity contribution >= 4 is 29.2 Å². The quantitative estimate of drug-likeness (QED) is 0.678. The van der Waals surface area contributed by atoms with Crippen LogP contribution in [-0.4, -0.2) is 41.0 Å². The number of aromatic nitrogens is 1. The summed E-state index contributed by atoms with van der Waals surface area (Å²) in [7, 11) is 0. The lowest BCUT2D eigenvalue weighted by Crippen LogP contribution is -2.52. The molecule has 3 heterocycles. The Morgan fingerprint density at radius 2 is 1.73 bits per heavy atom. The number of carbonyl (C=O) groups is 2. The predicted octanol–water partition coefficient (Wildman–Crippen LogP) is 3.98. The molecule has 6 nitrogen and oxygen atoms in total. The van der Waals surface area contributed by atoms with Crippen LogP contribution in [0.2, 0.25) is 5.02 Å². The van der Waals surface area contributed by atoms with Crippen LogP contribution in [0.3, 0.4) is 0 Å². The molecule has 2 N–H and O–H groups in total. The molecule has 2 aliphatic heterocycles. The Kier molecular flexibility index (Phi) is 5.09. The van der Waals surface area contributed by atoms with E-state index < -0.39 is 5.41 Å². The van der Waals surface area contributed by atoms with Crippen molar-refractivity contribution in [2.45, 2.75) is 80.9 Å². The monoisotopic (exact) mass is 464 g/mol. The number of hydrogen-bond acceptors (Lipinski definition) is 4. The summed E-state index contributed by atoms with van der Waals surface area (Å²) in [5.74, 6) is 1.05. The Morgan fingerprint density at radius 3 is 2.33 bits per heavy atom. The highest BCUT2D eigenvalue weighted by Crippen LogP contribution is 2.49. The number of benzene rings is 1. The van der Waals surface area contributed by atoms with Gasteiger partial charge in [0.15, 0.2) is 0 Å². The maximum Gasteiger partial charge on any atom is 0.253 e. The normalized spacial score (nSPS) is 27.2. The van der Waals surface area contributed by atoms with Gasteiger partial charge in [-0.3, -0.25) is 9.59 Å². The number of fused-ring (bicyclic) bond motifs is 2. The number of nitrogens with zero attached hydrogens (tertiary/aromatic N) is 2. The van der Waals surface area contributed by atoms with E-state index in [0.29, 0.717) is 28.7 Å². The molecule has 33 heavy (non-hydrogen) atoms. The smallest absolute Gasteiger partial charge is 0.253 e. The van der Waals surface area contributed by atoms with Gasteiger partial charge in [-0.15, -0.1) is 0 Å². The van der Waals surface area contributed by atoms with E-state index in [-0.39, 0.29) is 17.9 Å². The van der Waals surface area contributed by atoms with Gasteiger partial charge in [0.25, 0.3) is 5.91 Å². The van der Waals surface area contributed by atoms with Crippen LogP contribution in [0.15, 0.2) is 42.6 Å². The maximum absolute atomic E-state index is 13.3. The fraction of sp³-hybridized carbons (Fsp3) is 0.500. The molecular weight excluding hydrogens is 436 g/mol. The zero-order chi connectivity index (χ0) is 22.6. The van der Waals surface area contributed by atoms with Gasteiger partial charge in [0.05, 0.1) is 11.0 Å². The van der Waals surface area contributed by atoms with E-state index in [9.17, 15) is 9.59 Å². The molecule has 7 heteroatoms. The molecule has 2 saturated carbocycles. The Bertz CT molecular complexity index is 1070. The van der Waals surface area contributed by atoms with E-state index in [2.05, 4.69) is 20.5 Å². The van der Waals surface area contributed by atoms with E-state index in [1.807, 2.05) is 36.4 Å². The Morgan fingerprint density at radius 1 is 0.970 bits per heavy atom. The van der Waals surface area contributed by atoms with Crippen molar-refractivity contribution in [1.29, 1.82) is 0 Å². The van der Waals surface area contributed by atoms with Crippen LogP contribution in [-0.2, 0) is 10.2 Å². The number of rotatable bonds is 6. The number of hydrogen-bond donors (Lipinski definition) is 2. The third kappa shape index (κ3) is 3.99. The summed E-state index contributed by atoms with van der Waals surface area (Å²) in [4.78, 5) is 32.6. The van der Waals surface area contributed by atoms with Crippen molar-refractivity contribution in [2.24, 2.45) is 0 Å². The summed E-state index contributed by atoms with van der Waals surface area (Å²) in [6.45, 7) is 0. The first-order valence-corrected chi connectivity index (χ1v) is 12.5. The number of pyridine rings is 1. The average molecular weight is 465 g/mol. The molecule has 0 radical (unpaired) electrons. The number of piperidine rings is 1. The molecule has 1 aromatic carbocycles. The van der Waals surface area contributed by atoms with Gasteiger partial charge in [0, 0.05) is 35.4 Å². The summed E-state index contributed by atoms with van der Waals surface area (Å²) >= 11 is 6.18. The zero-order valence-electron chi connectivity index (χ0n) is 18.6. The van der Waals surface area contributed by atoms with Crippen molar-refractivity contribution in [3.05, 3.63) is 58.7 Å². The van der Waals surface area contributed by atoms with Crippen molar-refractivity contribution in [2.75, 3.05) is 4.90 Å². The molecule has 172 valence electrons. The number of nitrogens with one attached hydrogen (secondary N) is 2. The highest BCUT2D eigenvalue weighted by molar-refractivity contribution is 6.30. The zero-order valence-corrected chi connectivity index (χ0v) is 19.4. The fourth-order valence-electron chi connectivity index (χ4n) is 5.72. The van der Waals surface area contributed by atoms with Crippen molar-refractivity contribution in [3.8, 4) is 0 Å². The lowest BCUT2D eigenvalue weighted by molar-refractivity contribution is -0.124. The molecule has 2 aliphatic carbocycles. The van der Waals surface area contributed by atoms with Crippen LogP contribution in [0.4, 0.5) is 5.82 Å². The Balaban J connectivity index is 1.11. The van der Waals surface area contributed by atoms with Gasteiger partial charge in [-0.2, -0.15) is 0 Å². The first kappa shape index (κ1) is 21.0. The molecular formula is C26H29ClN4O2. The maximum atomic E-state index is 13.3. The highest BCUT2D eigenvalue weighted by Gasteiger charge is 2.52. The standard InChI is InChI=1S/C26H29ClN4O2/c27-18-3-1-2-17(12-18)26(10-11-26)25(33)30-20-13-21-7-8-22(14-20)31(21)23-9-4-16(15-28-23)24(32)29-19-5-6-19/h1-4,9,12,15,19-22H,5-8,10-11,13-14H2,(H,29,32)(H,30,33)/t20-,21+,22-. The minimum absolute atomic E-state index is 0.0327. The lowest BCUT2D eigenvalue weighted by Gasteiger charge is -2.40. The second-order valence-corrected chi connectivity index (χ2v) is 10.6. The third-order valence-corrected chi connectivity index (χ3v) is 8.05. The first-order chi connectivity index (χ1) is 16.0. The topological polar surface area (TPSA) is 74.3 Å². The number of carbonyl (C=O) groups excluding carboxylic acids is 2. The second-order valence-electron chi connectivity index (χ2n) is 10.2. The third-order valence-electron chi connectivity index (χ3n) is 7.82. The summed E-state index contributed by atoms with van der Waals surface area (Å²) in [6, 6.07) is 12.9. The molecule has 2 bridgehead atoms. The molecule has 3 atom stereocenters. The van der Waals surface area contributed by atoms with Crippen molar-refractivity contribution in [3.63, 3.8) is 0 Å². The van der Waals surface area contributed by atoms with Crippen molar-refractivity contribution < 1.29 is 9.59 Å². The van der Waals surface area contributed by atoms with E-state index in [0.717, 1.165) is 62.7 Å². The molecule has 0 spiro atoms. The van der Waals surface area contributed by atoms with Crippen LogP contribution >= 0.6 is 11.6 Å². The average Bonchev–Trinajstić information content (AvgIpc) is 3.73. The molecule has 1 aromatic heterocycles. The highest BCUT2D eigenvalue weighted by atomic mass is 35.5. The van der Waals surface area contributed by atoms with Gasteiger partial charge in [-0.25, -0.2) is 4.98 Å². The van der Waals surface area contributed by atoms with Crippen LogP contribution in [0.25, 0.3) is 0 Å². The summed E-state index contributed by atoms with van der Waals surface area (Å²) in [5, 5.41) is 7.08. The number of halogens is 1. The number of anilines is 1. The molecule has 6 rings (SSSR count). The summed E-state index contributed by atoms with van der Waals surface area (Å²) in [5.41, 5.74) is 1.25. The Labute approximate surface area is 199 Å². The van der Waals surface area contributed by atoms with Gasteiger partial charge in [0.1, 0.15) is 5.82 Å². The summed E-state index contributed by atoms with van der Waals surface area (Å²) in [6.07, 6.45) is 9.70. The Hall–Kier alpha value is -2.60. The molecule has 4 aliphatic rings. The van der Waals surface area contributed by atoms with Gasteiger partial charge in [-0.1, -0.05) is 23.7 Å². The summed E-state index contributed by atoms with van der Waals surface area (Å²) < 4.78 is 0. The predicted molar refractivity (Wildman–Crippen MR) is 128 cm³/mol. The molecule has 2 amide bonds. The minimum Gasteiger partial charge on any atom is -0.352 e. The van der Waals surface area contributed by atoms with Crippen LogP contribution < -0.4 is 15.5 Å². The van der Waals surface area contributed by atoms with E-state index in [1.165, 1.54) is 0 Å². The number of amides is 2. The van der Waals surface area contributed by atoms with E-state index in [4.69, 9.17) is 11.6 Å². The second kappa shape index (κ2) is 8.01. The molecule has 0 unspecified atom stereocenters. The van der Waals surface area contributed by atoms with Gasteiger partial charge >= 0.3 is 0 Å². The molecule has 2 aromatic rings. The van der Waals surface area contributed by atoms with Crippen molar-refractivity contribution in [1.82, 2.24) is 15.6 Å². The van der Waals surface area contributed by atoms with Gasteiger partial charge < -0.3 is 15.5 Å². The van der Waals surface area contributed by atoms with Gasteiger partial charge in [-0.05, 0) is 81.2 Å². The molecule has 4 fully saturated rings. The van der Waals surface area contributed by atoms with E-state index >= 15 is 0 Å². The van der Waals surface area contributed by atoms with Crippen LogP contribution in [0.5, 0.6) is 0 Å². The van der Waals surface area contributed by atoms with Crippen LogP contribution in [0, 0.1) is 0 Å². The first-order valence-electron chi connectivity index (χ1n) is 12.1.